The summed E-state index contributed by atoms with van der Waals surface area (Å²) in [7, 11) is 0. The summed E-state index contributed by atoms with van der Waals surface area (Å²) in [6.45, 7) is 2.02. The first-order valence-electron chi connectivity index (χ1n) is 6.43. The van der Waals surface area contributed by atoms with Gasteiger partial charge >= 0.3 is 0 Å². The Morgan fingerprint density at radius 2 is 1.88 bits per heavy atom. The fraction of sp³-hybridized carbons (Fsp3) is 0.571. The van der Waals surface area contributed by atoms with Crippen LogP contribution in [0.15, 0.2) is 24.3 Å². The molecule has 1 aromatic rings. The van der Waals surface area contributed by atoms with Crippen LogP contribution in [0, 0.1) is 5.82 Å². The minimum absolute atomic E-state index is 0.0653. The number of nitrogens with two attached hydrogens (primary N) is 1. The molecule has 2 nitrogen and oxygen atoms in total. The van der Waals surface area contributed by atoms with Gasteiger partial charge in [-0.25, -0.2) is 4.39 Å². The van der Waals surface area contributed by atoms with E-state index in [-0.39, 0.29) is 11.9 Å². The Morgan fingerprint density at radius 1 is 1.24 bits per heavy atom. The van der Waals surface area contributed by atoms with E-state index < -0.39 is 0 Å². The number of benzene rings is 1. The van der Waals surface area contributed by atoms with Gasteiger partial charge in [-0.05, 0) is 38.7 Å². The largest absolute Gasteiger partial charge is 0.328 e. The lowest BCUT2D eigenvalue weighted by molar-refractivity contribution is 0.319. The van der Waals surface area contributed by atoms with Crippen molar-refractivity contribution in [2.45, 2.75) is 50.7 Å². The molecule has 3 heteroatoms. The van der Waals surface area contributed by atoms with E-state index in [1.54, 1.807) is 6.07 Å². The molecule has 0 aromatic heterocycles. The third-order valence-electron chi connectivity index (χ3n) is 3.63. The third-order valence-corrected chi connectivity index (χ3v) is 3.63. The SMILES string of the molecule is CC(NC1CCC(N)CC1)c1ccccc1F. The Hall–Kier alpha value is -0.930. The van der Waals surface area contributed by atoms with Crippen molar-refractivity contribution in [3.8, 4) is 0 Å². The molecule has 1 aliphatic rings. The number of rotatable bonds is 3. The lowest BCUT2D eigenvalue weighted by atomic mass is 9.91. The first-order chi connectivity index (χ1) is 8.16. The lowest BCUT2D eigenvalue weighted by Crippen LogP contribution is -2.38. The van der Waals surface area contributed by atoms with Crippen molar-refractivity contribution in [1.29, 1.82) is 0 Å². The minimum atomic E-state index is -0.125. The molecule has 1 saturated carbocycles. The number of hydrogen-bond donors (Lipinski definition) is 2. The summed E-state index contributed by atoms with van der Waals surface area (Å²) in [6.07, 6.45) is 4.34. The predicted octanol–water partition coefficient (Wildman–Crippen LogP) is 2.75. The Balaban J connectivity index is 1.93. The summed E-state index contributed by atoms with van der Waals surface area (Å²) in [4.78, 5) is 0. The van der Waals surface area contributed by atoms with Gasteiger partial charge in [-0.3, -0.25) is 0 Å². The molecule has 3 N–H and O–H groups in total. The average molecular weight is 236 g/mol. The molecular formula is C14H21FN2. The Kier molecular flexibility index (Phi) is 4.13. The number of hydrogen-bond acceptors (Lipinski definition) is 2. The van der Waals surface area contributed by atoms with E-state index in [2.05, 4.69) is 5.32 Å². The second-order valence-electron chi connectivity index (χ2n) is 5.02. The highest BCUT2D eigenvalue weighted by molar-refractivity contribution is 5.20. The van der Waals surface area contributed by atoms with E-state index in [1.165, 1.54) is 6.07 Å². The topological polar surface area (TPSA) is 38.0 Å². The molecule has 1 aromatic carbocycles. The van der Waals surface area contributed by atoms with Crippen LogP contribution in [0.2, 0.25) is 0 Å². The summed E-state index contributed by atoms with van der Waals surface area (Å²) in [5.41, 5.74) is 6.63. The first-order valence-corrected chi connectivity index (χ1v) is 6.43. The van der Waals surface area contributed by atoms with Crippen molar-refractivity contribution in [3.63, 3.8) is 0 Å². The van der Waals surface area contributed by atoms with Gasteiger partial charge in [0.25, 0.3) is 0 Å². The van der Waals surface area contributed by atoms with Gasteiger partial charge in [0.1, 0.15) is 5.82 Å². The van der Waals surface area contributed by atoms with Crippen LogP contribution in [0.1, 0.15) is 44.2 Å². The molecule has 0 radical (unpaired) electrons. The van der Waals surface area contributed by atoms with Crippen LogP contribution in [0.5, 0.6) is 0 Å². The molecule has 0 aliphatic heterocycles. The maximum atomic E-state index is 13.6. The van der Waals surface area contributed by atoms with Crippen LogP contribution >= 0.6 is 0 Å². The summed E-state index contributed by atoms with van der Waals surface area (Å²) in [6, 6.07) is 7.88. The molecule has 1 aliphatic carbocycles. The highest BCUT2D eigenvalue weighted by Gasteiger charge is 2.21. The highest BCUT2D eigenvalue weighted by Crippen LogP contribution is 2.22. The van der Waals surface area contributed by atoms with Crippen LogP contribution in [0.3, 0.4) is 0 Å². The van der Waals surface area contributed by atoms with Crippen LogP contribution in [-0.4, -0.2) is 12.1 Å². The van der Waals surface area contributed by atoms with Crippen molar-refractivity contribution in [2.24, 2.45) is 5.73 Å². The van der Waals surface area contributed by atoms with Crippen molar-refractivity contribution in [2.75, 3.05) is 0 Å². The quantitative estimate of drug-likeness (QED) is 0.847. The third kappa shape index (κ3) is 3.27. The van der Waals surface area contributed by atoms with Crippen LogP contribution < -0.4 is 11.1 Å². The zero-order valence-electron chi connectivity index (χ0n) is 10.3. The van der Waals surface area contributed by atoms with Gasteiger partial charge in [0.05, 0.1) is 0 Å². The zero-order valence-corrected chi connectivity index (χ0v) is 10.3. The summed E-state index contributed by atoms with van der Waals surface area (Å²) < 4.78 is 13.6. The van der Waals surface area contributed by atoms with E-state index >= 15 is 0 Å². The minimum Gasteiger partial charge on any atom is -0.328 e. The van der Waals surface area contributed by atoms with E-state index in [9.17, 15) is 4.39 Å². The normalized spacial score (nSPS) is 26.8. The van der Waals surface area contributed by atoms with Crippen molar-refractivity contribution in [3.05, 3.63) is 35.6 Å². The van der Waals surface area contributed by atoms with Crippen molar-refractivity contribution >= 4 is 0 Å². The molecule has 2 rings (SSSR count). The van der Waals surface area contributed by atoms with Gasteiger partial charge in [0.2, 0.25) is 0 Å². The fourth-order valence-corrected chi connectivity index (χ4v) is 2.56. The molecular weight excluding hydrogens is 215 g/mol. The molecule has 1 fully saturated rings. The van der Waals surface area contributed by atoms with Gasteiger partial charge in [0, 0.05) is 23.7 Å². The van der Waals surface area contributed by atoms with E-state index in [0.29, 0.717) is 12.1 Å². The maximum Gasteiger partial charge on any atom is 0.127 e. The molecule has 0 spiro atoms. The zero-order chi connectivity index (χ0) is 12.3. The summed E-state index contributed by atoms with van der Waals surface area (Å²) in [5.74, 6) is -0.125. The van der Waals surface area contributed by atoms with Gasteiger partial charge in [0.15, 0.2) is 0 Å². The molecule has 94 valence electrons. The molecule has 0 bridgehead atoms. The van der Waals surface area contributed by atoms with Crippen molar-refractivity contribution in [1.82, 2.24) is 5.32 Å². The van der Waals surface area contributed by atoms with Gasteiger partial charge in [-0.15, -0.1) is 0 Å². The smallest absolute Gasteiger partial charge is 0.127 e. The molecule has 0 saturated heterocycles. The standard InChI is InChI=1S/C14H21FN2/c1-10(13-4-2-3-5-14(13)15)17-12-8-6-11(16)7-9-12/h2-5,10-12,17H,6-9,16H2,1H3. The summed E-state index contributed by atoms with van der Waals surface area (Å²) in [5, 5.41) is 3.50. The highest BCUT2D eigenvalue weighted by atomic mass is 19.1. The number of halogens is 1. The van der Waals surface area contributed by atoms with Crippen LogP contribution in [-0.2, 0) is 0 Å². The van der Waals surface area contributed by atoms with E-state index in [1.807, 2.05) is 19.1 Å². The molecule has 0 amide bonds. The van der Waals surface area contributed by atoms with Crippen molar-refractivity contribution < 1.29 is 4.39 Å². The van der Waals surface area contributed by atoms with Gasteiger partial charge < -0.3 is 11.1 Å². The summed E-state index contributed by atoms with van der Waals surface area (Å²) >= 11 is 0. The fourth-order valence-electron chi connectivity index (χ4n) is 2.56. The lowest BCUT2D eigenvalue weighted by Gasteiger charge is -2.29. The molecule has 17 heavy (non-hydrogen) atoms. The molecule has 1 unspecified atom stereocenters. The first kappa shape index (κ1) is 12.5. The number of nitrogens with one attached hydrogen (secondary N) is 1. The Labute approximate surface area is 102 Å². The molecule has 1 atom stereocenters. The van der Waals surface area contributed by atoms with E-state index in [0.717, 1.165) is 31.2 Å². The second-order valence-corrected chi connectivity index (χ2v) is 5.02. The second kappa shape index (κ2) is 5.61. The van der Waals surface area contributed by atoms with Crippen LogP contribution in [0.4, 0.5) is 4.39 Å². The maximum absolute atomic E-state index is 13.6. The monoisotopic (exact) mass is 236 g/mol. The predicted molar refractivity (Wildman–Crippen MR) is 68.2 cm³/mol. The van der Waals surface area contributed by atoms with E-state index in [4.69, 9.17) is 5.73 Å². The van der Waals surface area contributed by atoms with Crippen LogP contribution in [0.25, 0.3) is 0 Å². The van der Waals surface area contributed by atoms with Gasteiger partial charge in [-0.2, -0.15) is 0 Å². The Bertz CT molecular complexity index is 359. The average Bonchev–Trinajstić information content (AvgIpc) is 2.32. The van der Waals surface area contributed by atoms with Gasteiger partial charge in [-0.1, -0.05) is 18.2 Å². The Morgan fingerprint density at radius 3 is 2.53 bits per heavy atom. The molecule has 0 heterocycles.